The van der Waals surface area contributed by atoms with Crippen LogP contribution in [0.5, 0.6) is 0 Å². The summed E-state index contributed by atoms with van der Waals surface area (Å²) in [7, 11) is 0. The smallest absolute Gasteiger partial charge is 0.0382 e. The van der Waals surface area contributed by atoms with Gasteiger partial charge in [0, 0.05) is 21.2 Å². The number of halogens is 1. The van der Waals surface area contributed by atoms with Crippen molar-refractivity contribution in [3.8, 4) is 0 Å². The van der Waals surface area contributed by atoms with Gasteiger partial charge in [0.2, 0.25) is 0 Å². The first kappa shape index (κ1) is 11.9. The van der Waals surface area contributed by atoms with Gasteiger partial charge in [0.15, 0.2) is 0 Å². The Balaban J connectivity index is 2.40. The third kappa shape index (κ3) is 2.57. The molecule has 0 aliphatic heterocycles. The zero-order valence-corrected chi connectivity index (χ0v) is 11.5. The van der Waals surface area contributed by atoms with E-state index in [1.54, 1.807) is 22.7 Å². The molecule has 0 saturated heterocycles. The Morgan fingerprint density at radius 1 is 1.31 bits per heavy atom. The van der Waals surface area contributed by atoms with Crippen molar-refractivity contribution >= 4 is 39.8 Å². The topological polar surface area (TPSA) is 0 Å². The van der Waals surface area contributed by atoms with Crippen molar-refractivity contribution < 1.29 is 0 Å². The molecule has 0 unspecified atom stereocenters. The number of aryl methyl sites for hydroxylation is 1. The number of rotatable bonds is 4. The number of hydrogen-bond donors (Lipinski definition) is 0. The molecule has 0 saturated carbocycles. The third-order valence-corrected chi connectivity index (χ3v) is 4.52. The Hall–Kier alpha value is -0.570. The molecule has 0 aromatic carbocycles. The Labute approximate surface area is 109 Å². The van der Waals surface area contributed by atoms with Crippen molar-refractivity contribution in [2.75, 3.05) is 5.88 Å². The Morgan fingerprint density at radius 3 is 2.75 bits per heavy atom. The van der Waals surface area contributed by atoms with E-state index in [9.17, 15) is 0 Å². The zero-order valence-electron chi connectivity index (χ0n) is 9.07. The Kier molecular flexibility index (Phi) is 4.22. The van der Waals surface area contributed by atoms with Crippen molar-refractivity contribution in [1.82, 2.24) is 0 Å². The largest absolute Gasteiger partial charge is 0.144 e. The van der Waals surface area contributed by atoms with Crippen LogP contribution in [0.2, 0.25) is 0 Å². The lowest BCUT2D eigenvalue weighted by Gasteiger charge is -2.04. The van der Waals surface area contributed by atoms with Crippen molar-refractivity contribution in [2.24, 2.45) is 0 Å². The first-order valence-electron chi connectivity index (χ1n) is 5.17. The summed E-state index contributed by atoms with van der Waals surface area (Å²) in [6.07, 6.45) is 3.17. The van der Waals surface area contributed by atoms with Gasteiger partial charge in [0.05, 0.1) is 0 Å². The number of thiophene rings is 2. The lowest BCUT2D eigenvalue weighted by atomic mass is 10.1. The van der Waals surface area contributed by atoms with Gasteiger partial charge < -0.3 is 0 Å². The van der Waals surface area contributed by atoms with Crippen LogP contribution in [0.15, 0.2) is 35.0 Å². The van der Waals surface area contributed by atoms with Crippen LogP contribution in [0.1, 0.15) is 21.7 Å². The van der Waals surface area contributed by atoms with Crippen molar-refractivity contribution in [3.63, 3.8) is 0 Å². The van der Waals surface area contributed by atoms with E-state index >= 15 is 0 Å². The van der Waals surface area contributed by atoms with Gasteiger partial charge in [0.1, 0.15) is 0 Å². The average Bonchev–Trinajstić information content (AvgIpc) is 2.91. The van der Waals surface area contributed by atoms with Crippen molar-refractivity contribution in [2.45, 2.75) is 13.3 Å². The lowest BCUT2D eigenvalue weighted by molar-refractivity contribution is 1.24. The van der Waals surface area contributed by atoms with E-state index < -0.39 is 0 Å². The van der Waals surface area contributed by atoms with Crippen LogP contribution >= 0.6 is 34.3 Å². The van der Waals surface area contributed by atoms with Crippen LogP contribution in [0.3, 0.4) is 0 Å². The van der Waals surface area contributed by atoms with E-state index in [2.05, 4.69) is 42.0 Å². The van der Waals surface area contributed by atoms with Crippen LogP contribution in [0.4, 0.5) is 0 Å². The van der Waals surface area contributed by atoms with Gasteiger partial charge in [-0.2, -0.15) is 0 Å². The quantitative estimate of drug-likeness (QED) is 0.671. The highest BCUT2D eigenvalue weighted by molar-refractivity contribution is 7.13. The van der Waals surface area contributed by atoms with Crippen LogP contribution in [0.25, 0.3) is 5.57 Å². The maximum absolute atomic E-state index is 5.77. The van der Waals surface area contributed by atoms with Crippen molar-refractivity contribution in [1.29, 1.82) is 0 Å². The van der Waals surface area contributed by atoms with Crippen LogP contribution < -0.4 is 0 Å². The summed E-state index contributed by atoms with van der Waals surface area (Å²) >= 11 is 9.36. The monoisotopic (exact) mass is 268 g/mol. The van der Waals surface area contributed by atoms with E-state index in [4.69, 9.17) is 11.6 Å². The van der Waals surface area contributed by atoms with Gasteiger partial charge in [0.25, 0.3) is 0 Å². The molecule has 0 aliphatic carbocycles. The van der Waals surface area contributed by atoms with E-state index in [0.29, 0.717) is 5.88 Å². The van der Waals surface area contributed by atoms with E-state index in [-0.39, 0.29) is 0 Å². The second-order valence-electron chi connectivity index (χ2n) is 3.51. The minimum absolute atomic E-state index is 0.680. The van der Waals surface area contributed by atoms with Gasteiger partial charge in [-0.25, -0.2) is 0 Å². The molecular weight excluding hydrogens is 256 g/mol. The lowest BCUT2D eigenvalue weighted by Crippen LogP contribution is -1.84. The van der Waals surface area contributed by atoms with Crippen LogP contribution in [-0.2, 0) is 0 Å². The first-order chi connectivity index (χ1) is 7.83. The SMILES string of the molecule is Cc1ccsc1/C(=C/CCCl)c1cccs1. The fourth-order valence-electron chi connectivity index (χ4n) is 1.58. The van der Waals surface area contributed by atoms with E-state index in [0.717, 1.165) is 6.42 Å². The van der Waals surface area contributed by atoms with Crippen molar-refractivity contribution in [3.05, 3.63) is 50.4 Å². The molecule has 0 N–H and O–H groups in total. The first-order valence-corrected chi connectivity index (χ1v) is 7.47. The summed E-state index contributed by atoms with van der Waals surface area (Å²) in [6.45, 7) is 2.16. The minimum atomic E-state index is 0.680. The molecular formula is C13H13ClS2. The van der Waals surface area contributed by atoms with Crippen LogP contribution in [0, 0.1) is 6.92 Å². The molecule has 0 nitrogen and oxygen atoms in total. The van der Waals surface area contributed by atoms with Gasteiger partial charge in [-0.05, 0) is 41.8 Å². The predicted octanol–water partition coefficient (Wildman–Crippen LogP) is 5.18. The standard InChI is InChI=1S/C13H13ClS2/c1-10-6-9-16-13(10)11(4-2-7-14)12-5-3-8-15-12/h3-6,8-9H,2,7H2,1H3/b11-4+. The minimum Gasteiger partial charge on any atom is -0.144 e. The van der Waals surface area contributed by atoms with Gasteiger partial charge in [-0.15, -0.1) is 34.3 Å². The Bertz CT molecular complexity index is 466. The number of hydrogen-bond acceptors (Lipinski definition) is 2. The number of allylic oxidation sites excluding steroid dienone is 1. The molecule has 0 amide bonds. The zero-order chi connectivity index (χ0) is 11.4. The molecule has 2 heterocycles. The molecule has 84 valence electrons. The molecule has 0 fully saturated rings. The highest BCUT2D eigenvalue weighted by atomic mass is 35.5. The summed E-state index contributed by atoms with van der Waals surface area (Å²) in [6, 6.07) is 6.43. The Morgan fingerprint density at radius 2 is 2.19 bits per heavy atom. The summed E-state index contributed by atoms with van der Waals surface area (Å²) in [4.78, 5) is 2.70. The molecule has 0 aliphatic rings. The fraction of sp³-hybridized carbons (Fsp3) is 0.231. The molecule has 2 rings (SSSR count). The van der Waals surface area contributed by atoms with E-state index in [1.807, 2.05) is 0 Å². The fourth-order valence-corrected chi connectivity index (χ4v) is 3.51. The molecule has 2 aromatic heterocycles. The molecule has 2 aromatic rings. The summed E-state index contributed by atoms with van der Waals surface area (Å²) < 4.78 is 0. The maximum Gasteiger partial charge on any atom is 0.0382 e. The predicted molar refractivity (Wildman–Crippen MR) is 75.8 cm³/mol. The summed E-state index contributed by atoms with van der Waals surface area (Å²) in [5.41, 5.74) is 2.68. The molecule has 0 atom stereocenters. The van der Waals surface area contributed by atoms with E-state index in [1.165, 1.54) is 20.9 Å². The van der Waals surface area contributed by atoms with Gasteiger partial charge >= 0.3 is 0 Å². The average molecular weight is 269 g/mol. The molecule has 3 heteroatoms. The second-order valence-corrected chi connectivity index (χ2v) is 5.75. The highest BCUT2D eigenvalue weighted by Crippen LogP contribution is 2.33. The molecule has 0 bridgehead atoms. The molecule has 0 spiro atoms. The van der Waals surface area contributed by atoms with Gasteiger partial charge in [-0.1, -0.05) is 12.1 Å². The van der Waals surface area contributed by atoms with Crippen LogP contribution in [-0.4, -0.2) is 5.88 Å². The van der Waals surface area contributed by atoms with Gasteiger partial charge in [-0.3, -0.25) is 0 Å². The molecule has 0 radical (unpaired) electrons. The normalized spacial score (nSPS) is 12.0. The summed E-state index contributed by atoms with van der Waals surface area (Å²) in [5, 5.41) is 4.26. The second kappa shape index (κ2) is 5.67. The molecule has 16 heavy (non-hydrogen) atoms. The number of alkyl halides is 1. The highest BCUT2D eigenvalue weighted by Gasteiger charge is 2.09. The third-order valence-electron chi connectivity index (χ3n) is 2.35. The maximum atomic E-state index is 5.77. The summed E-state index contributed by atoms with van der Waals surface area (Å²) in [5.74, 6) is 0.680.